The Kier molecular flexibility index (Phi) is 7.00. The Balaban J connectivity index is 2.31. The van der Waals surface area contributed by atoms with E-state index in [0.717, 1.165) is 12.1 Å². The summed E-state index contributed by atoms with van der Waals surface area (Å²) in [6.45, 7) is 0. The summed E-state index contributed by atoms with van der Waals surface area (Å²) in [5.41, 5.74) is -5.30. The van der Waals surface area contributed by atoms with Gasteiger partial charge in [0.05, 0.1) is 16.1 Å². The molecule has 0 aromatic heterocycles. The van der Waals surface area contributed by atoms with Gasteiger partial charge < -0.3 is 10.6 Å². The Morgan fingerprint density at radius 3 is 2.06 bits per heavy atom. The van der Waals surface area contributed by atoms with Crippen molar-refractivity contribution in [3.63, 3.8) is 0 Å². The number of benzene rings is 2. The predicted octanol–water partition coefficient (Wildman–Crippen LogP) is 5.74. The van der Waals surface area contributed by atoms with Gasteiger partial charge in [-0.15, -0.1) is 0 Å². The number of nitrogens with zero attached hydrogens (tertiary/aromatic N) is 2. The van der Waals surface area contributed by atoms with Crippen LogP contribution in [0.4, 0.5) is 43.4 Å². The van der Waals surface area contributed by atoms with E-state index < -0.39 is 51.3 Å². The van der Waals surface area contributed by atoms with E-state index in [4.69, 9.17) is 16.9 Å². The van der Waals surface area contributed by atoms with Gasteiger partial charge in [-0.3, -0.25) is 14.9 Å². The summed E-state index contributed by atoms with van der Waals surface area (Å²) in [6.07, 6.45) is -9.57. The van der Waals surface area contributed by atoms with Crippen molar-refractivity contribution in [1.82, 2.24) is 0 Å². The molecule has 1 amide bonds. The highest BCUT2D eigenvalue weighted by Gasteiger charge is 2.36. The van der Waals surface area contributed by atoms with Crippen LogP contribution < -0.4 is 10.6 Å². The first-order valence-electron chi connectivity index (χ1n) is 8.14. The van der Waals surface area contributed by atoms with Gasteiger partial charge in [-0.05, 0) is 30.3 Å². The lowest BCUT2D eigenvalue weighted by atomic mass is 10.1. The van der Waals surface area contributed by atoms with Gasteiger partial charge in [-0.25, -0.2) is 0 Å². The molecule has 0 atom stereocenters. The number of carbonyl (C=O) groups excluding carboxylic acids is 1. The lowest BCUT2D eigenvalue weighted by molar-refractivity contribution is -0.384. The van der Waals surface area contributed by atoms with Gasteiger partial charge in [0.15, 0.2) is 0 Å². The number of rotatable bonds is 5. The van der Waals surface area contributed by atoms with Crippen LogP contribution >= 0.6 is 11.6 Å². The summed E-state index contributed by atoms with van der Waals surface area (Å²) in [5, 5.41) is 23.9. The van der Waals surface area contributed by atoms with Crippen LogP contribution in [0, 0.1) is 21.4 Å². The van der Waals surface area contributed by atoms with Crippen molar-refractivity contribution in [2.24, 2.45) is 0 Å². The molecule has 7 nitrogen and oxygen atoms in total. The molecular formula is C18H9ClF6N4O3. The Morgan fingerprint density at radius 1 is 1.03 bits per heavy atom. The number of nitro groups is 1. The SMILES string of the molecule is N#C/C(=C/Nc1cc(C(F)(F)F)cc(C(F)(F)F)c1)C(=O)Nc1ccc(Cl)c([N+](=O)[O-])c1. The van der Waals surface area contributed by atoms with Gasteiger partial charge in [-0.1, -0.05) is 11.6 Å². The maximum absolute atomic E-state index is 12.9. The molecule has 32 heavy (non-hydrogen) atoms. The summed E-state index contributed by atoms with van der Waals surface area (Å²) in [4.78, 5) is 22.2. The van der Waals surface area contributed by atoms with Gasteiger partial charge in [0.2, 0.25) is 0 Å². The Bertz CT molecular complexity index is 1110. The van der Waals surface area contributed by atoms with Gasteiger partial charge in [0, 0.05) is 23.6 Å². The summed E-state index contributed by atoms with van der Waals surface area (Å²) in [5.74, 6) is -1.14. The number of hydrogen-bond acceptors (Lipinski definition) is 5. The minimum Gasteiger partial charge on any atom is -0.360 e. The zero-order valence-corrected chi connectivity index (χ0v) is 16.1. The van der Waals surface area contributed by atoms with Gasteiger partial charge in [-0.2, -0.15) is 31.6 Å². The number of amides is 1. The second-order valence-electron chi connectivity index (χ2n) is 5.99. The van der Waals surface area contributed by atoms with E-state index in [0.29, 0.717) is 18.3 Å². The molecule has 0 aliphatic rings. The largest absolute Gasteiger partial charge is 0.416 e. The molecule has 0 saturated carbocycles. The van der Waals surface area contributed by atoms with Crippen LogP contribution in [0.25, 0.3) is 0 Å². The number of hydrogen-bond donors (Lipinski definition) is 2. The molecule has 0 aliphatic heterocycles. The Hall–Kier alpha value is -3.79. The van der Waals surface area contributed by atoms with Crippen molar-refractivity contribution in [2.45, 2.75) is 12.4 Å². The van der Waals surface area contributed by atoms with Crippen LogP contribution in [0.2, 0.25) is 5.02 Å². The monoisotopic (exact) mass is 478 g/mol. The average Bonchev–Trinajstić information content (AvgIpc) is 2.68. The fourth-order valence-electron chi connectivity index (χ4n) is 2.27. The second kappa shape index (κ2) is 9.15. The van der Waals surface area contributed by atoms with Crippen LogP contribution in [0.15, 0.2) is 48.2 Å². The lowest BCUT2D eigenvalue weighted by Crippen LogP contribution is -2.15. The average molecular weight is 479 g/mol. The number of halogens is 7. The molecule has 2 aromatic carbocycles. The normalized spacial score (nSPS) is 12.1. The quantitative estimate of drug-likeness (QED) is 0.187. The summed E-state index contributed by atoms with van der Waals surface area (Å²) >= 11 is 5.64. The number of nitriles is 1. The van der Waals surface area contributed by atoms with Crippen LogP contribution in [0.5, 0.6) is 0 Å². The Labute approximate surface area is 180 Å². The fourth-order valence-corrected chi connectivity index (χ4v) is 2.46. The number of carbonyl (C=O) groups is 1. The maximum Gasteiger partial charge on any atom is 0.416 e. The third kappa shape index (κ3) is 6.11. The molecule has 0 bridgehead atoms. The first kappa shape index (κ1) is 24.5. The van der Waals surface area contributed by atoms with E-state index in [9.17, 15) is 41.3 Å². The van der Waals surface area contributed by atoms with Crippen molar-refractivity contribution in [2.75, 3.05) is 10.6 Å². The standard InChI is InChI=1S/C18H9ClF6N4O3/c19-14-2-1-12(6-15(14)29(31)32)28-16(30)9(7-26)8-27-13-4-10(17(20,21)22)3-11(5-13)18(23,24)25/h1-6,8,27H,(H,28,30)/b9-8-. The van der Waals surface area contributed by atoms with Crippen LogP contribution in [-0.2, 0) is 17.1 Å². The highest BCUT2D eigenvalue weighted by Crippen LogP contribution is 2.37. The highest BCUT2D eigenvalue weighted by atomic mass is 35.5. The molecule has 0 unspecified atom stereocenters. The van der Waals surface area contributed by atoms with E-state index >= 15 is 0 Å². The minimum absolute atomic E-state index is 0.0831. The zero-order valence-electron chi connectivity index (χ0n) is 15.3. The van der Waals surface area contributed by atoms with E-state index in [1.165, 1.54) is 12.1 Å². The van der Waals surface area contributed by atoms with Crippen LogP contribution in [-0.4, -0.2) is 10.8 Å². The molecular weight excluding hydrogens is 470 g/mol. The fraction of sp³-hybridized carbons (Fsp3) is 0.111. The topological polar surface area (TPSA) is 108 Å². The smallest absolute Gasteiger partial charge is 0.360 e. The van der Waals surface area contributed by atoms with Crippen LogP contribution in [0.3, 0.4) is 0 Å². The number of nitrogens with one attached hydrogen (secondary N) is 2. The van der Waals surface area contributed by atoms with Crippen molar-refractivity contribution in [3.8, 4) is 6.07 Å². The first-order chi connectivity index (χ1) is 14.7. The molecule has 0 saturated heterocycles. The molecule has 2 rings (SSSR count). The van der Waals surface area contributed by atoms with Crippen molar-refractivity contribution >= 4 is 34.6 Å². The molecule has 2 N–H and O–H groups in total. The summed E-state index contributed by atoms with van der Waals surface area (Å²) < 4.78 is 77.4. The van der Waals surface area contributed by atoms with Gasteiger partial charge >= 0.3 is 12.4 Å². The molecule has 0 spiro atoms. The molecule has 0 radical (unpaired) electrons. The minimum atomic E-state index is -5.08. The van der Waals surface area contributed by atoms with E-state index in [-0.39, 0.29) is 16.8 Å². The van der Waals surface area contributed by atoms with Crippen molar-refractivity contribution in [1.29, 1.82) is 5.26 Å². The number of anilines is 2. The molecule has 0 aliphatic carbocycles. The van der Waals surface area contributed by atoms with E-state index in [2.05, 4.69) is 10.6 Å². The third-order valence-corrected chi connectivity index (χ3v) is 4.06. The molecule has 0 fully saturated rings. The number of nitro benzene ring substituents is 1. The zero-order chi connectivity index (χ0) is 24.3. The maximum atomic E-state index is 12.9. The first-order valence-corrected chi connectivity index (χ1v) is 8.51. The van der Waals surface area contributed by atoms with Gasteiger partial charge in [0.1, 0.15) is 16.7 Å². The molecule has 168 valence electrons. The Morgan fingerprint density at radius 2 is 1.59 bits per heavy atom. The predicted molar refractivity (Wildman–Crippen MR) is 101 cm³/mol. The lowest BCUT2D eigenvalue weighted by Gasteiger charge is -2.14. The van der Waals surface area contributed by atoms with Crippen molar-refractivity contribution < 1.29 is 36.1 Å². The van der Waals surface area contributed by atoms with E-state index in [1.54, 1.807) is 0 Å². The third-order valence-electron chi connectivity index (χ3n) is 3.74. The summed E-state index contributed by atoms with van der Waals surface area (Å²) in [6, 6.07) is 5.23. The number of alkyl halides is 6. The summed E-state index contributed by atoms with van der Waals surface area (Å²) in [7, 11) is 0. The second-order valence-corrected chi connectivity index (χ2v) is 6.39. The van der Waals surface area contributed by atoms with E-state index in [1.807, 2.05) is 0 Å². The molecule has 2 aromatic rings. The van der Waals surface area contributed by atoms with Gasteiger partial charge in [0.25, 0.3) is 11.6 Å². The highest BCUT2D eigenvalue weighted by molar-refractivity contribution is 6.32. The van der Waals surface area contributed by atoms with Crippen molar-refractivity contribution in [3.05, 3.63) is 74.4 Å². The molecule has 14 heteroatoms. The van der Waals surface area contributed by atoms with Crippen LogP contribution in [0.1, 0.15) is 11.1 Å². The molecule has 0 heterocycles.